The van der Waals surface area contributed by atoms with Gasteiger partial charge in [0.2, 0.25) is 0 Å². The molecule has 0 atom stereocenters. The lowest BCUT2D eigenvalue weighted by Crippen LogP contribution is -1.87. The first kappa shape index (κ1) is 8.07. The molecule has 5 heteroatoms. The van der Waals surface area contributed by atoms with Gasteiger partial charge >= 0.3 is 0 Å². The molecule has 64 valence electrons. The Labute approximate surface area is 79.7 Å². The van der Waals surface area contributed by atoms with Crippen LogP contribution in [0.25, 0.3) is 11.3 Å². The molecule has 0 saturated heterocycles. The summed E-state index contributed by atoms with van der Waals surface area (Å²) in [6.45, 7) is 0. The number of halogens is 1. The van der Waals surface area contributed by atoms with Gasteiger partial charge in [-0.15, -0.1) is 0 Å². The van der Waals surface area contributed by atoms with Crippen molar-refractivity contribution in [2.24, 2.45) is 0 Å². The summed E-state index contributed by atoms with van der Waals surface area (Å²) < 4.78 is 0. The van der Waals surface area contributed by atoms with Crippen LogP contribution in [0.2, 0.25) is 5.15 Å². The maximum absolute atomic E-state index is 5.59. The Morgan fingerprint density at radius 3 is 2.31 bits per heavy atom. The van der Waals surface area contributed by atoms with Crippen LogP contribution >= 0.6 is 11.6 Å². The highest BCUT2D eigenvalue weighted by Crippen LogP contribution is 2.13. The molecule has 0 spiro atoms. The highest BCUT2D eigenvalue weighted by molar-refractivity contribution is 6.29. The second kappa shape index (κ2) is 3.45. The Morgan fingerprint density at radius 1 is 0.923 bits per heavy atom. The van der Waals surface area contributed by atoms with Crippen LogP contribution < -0.4 is 0 Å². The van der Waals surface area contributed by atoms with Gasteiger partial charge in [0.15, 0.2) is 0 Å². The van der Waals surface area contributed by atoms with Gasteiger partial charge < -0.3 is 0 Å². The second-order valence-electron chi connectivity index (χ2n) is 2.35. The number of aromatic nitrogens is 4. The van der Waals surface area contributed by atoms with Gasteiger partial charge in [0.05, 0.1) is 18.1 Å². The summed E-state index contributed by atoms with van der Waals surface area (Å²) in [6.07, 6.45) is 7.88. The molecule has 0 aliphatic heterocycles. The minimum absolute atomic E-state index is 0.376. The molecule has 0 amide bonds. The van der Waals surface area contributed by atoms with E-state index in [2.05, 4.69) is 19.9 Å². The first-order chi connectivity index (χ1) is 6.36. The van der Waals surface area contributed by atoms with Crippen LogP contribution in [-0.4, -0.2) is 19.9 Å². The third-order valence-corrected chi connectivity index (χ3v) is 1.67. The normalized spacial score (nSPS) is 9.92. The molecule has 0 fully saturated rings. The van der Waals surface area contributed by atoms with Gasteiger partial charge in [-0.1, -0.05) is 11.6 Å². The van der Waals surface area contributed by atoms with Crippen molar-refractivity contribution in [1.82, 2.24) is 19.9 Å². The van der Waals surface area contributed by atoms with E-state index in [1.165, 1.54) is 12.5 Å². The summed E-state index contributed by atoms with van der Waals surface area (Å²) in [5, 5.41) is 0.376. The van der Waals surface area contributed by atoms with Crippen molar-refractivity contribution in [1.29, 1.82) is 0 Å². The molecule has 0 aliphatic carbocycles. The Bertz CT molecular complexity index is 387. The number of hydrogen-bond acceptors (Lipinski definition) is 4. The molecule has 0 saturated carbocycles. The summed E-state index contributed by atoms with van der Waals surface area (Å²) in [6, 6.07) is 0. The Morgan fingerprint density at radius 2 is 1.69 bits per heavy atom. The lowest BCUT2D eigenvalue weighted by atomic mass is 10.2. The zero-order valence-electron chi connectivity index (χ0n) is 6.55. The molecule has 0 unspecified atom stereocenters. The highest BCUT2D eigenvalue weighted by atomic mass is 35.5. The molecule has 0 aromatic carbocycles. The summed E-state index contributed by atoms with van der Waals surface area (Å²) >= 11 is 5.59. The van der Waals surface area contributed by atoms with Crippen LogP contribution in [0.5, 0.6) is 0 Å². The quantitative estimate of drug-likeness (QED) is 0.689. The Hall–Kier alpha value is -1.55. The fourth-order valence-corrected chi connectivity index (χ4v) is 0.990. The van der Waals surface area contributed by atoms with E-state index in [1.54, 1.807) is 18.6 Å². The fourth-order valence-electron chi connectivity index (χ4n) is 0.893. The van der Waals surface area contributed by atoms with E-state index in [4.69, 9.17) is 11.6 Å². The summed E-state index contributed by atoms with van der Waals surface area (Å²) in [7, 11) is 0. The van der Waals surface area contributed by atoms with Gasteiger partial charge in [-0.3, -0.25) is 4.98 Å². The zero-order chi connectivity index (χ0) is 9.10. The maximum atomic E-state index is 5.59. The topological polar surface area (TPSA) is 51.6 Å². The molecule has 4 nitrogen and oxygen atoms in total. The van der Waals surface area contributed by atoms with Crippen LogP contribution in [-0.2, 0) is 0 Å². The third-order valence-electron chi connectivity index (χ3n) is 1.48. The van der Waals surface area contributed by atoms with Crippen molar-refractivity contribution in [3.05, 3.63) is 36.3 Å². The predicted octanol–water partition coefficient (Wildman–Crippen LogP) is 1.59. The lowest BCUT2D eigenvalue weighted by molar-refractivity contribution is 1.14. The van der Waals surface area contributed by atoms with Crippen molar-refractivity contribution < 1.29 is 0 Å². The summed E-state index contributed by atoms with van der Waals surface area (Å²) in [4.78, 5) is 15.7. The van der Waals surface area contributed by atoms with Gasteiger partial charge in [-0.05, 0) is 0 Å². The monoisotopic (exact) mass is 192 g/mol. The number of rotatable bonds is 1. The minimum atomic E-state index is 0.376. The smallest absolute Gasteiger partial charge is 0.147 e. The van der Waals surface area contributed by atoms with Crippen molar-refractivity contribution in [3.63, 3.8) is 0 Å². The standard InChI is InChI=1S/C8H5ClN4/c9-8-4-12-7(3-13-8)6-1-10-5-11-2-6/h1-5H. The number of hydrogen-bond donors (Lipinski definition) is 0. The van der Waals surface area contributed by atoms with E-state index in [-0.39, 0.29) is 0 Å². The van der Waals surface area contributed by atoms with E-state index in [0.717, 1.165) is 5.56 Å². The minimum Gasteiger partial charge on any atom is -0.251 e. The summed E-state index contributed by atoms with van der Waals surface area (Å²) in [5.74, 6) is 0. The average Bonchev–Trinajstić information content (AvgIpc) is 2.20. The van der Waals surface area contributed by atoms with Crippen LogP contribution in [0.15, 0.2) is 31.1 Å². The Kier molecular flexibility index (Phi) is 2.14. The Balaban J connectivity index is 2.42. The molecule has 0 radical (unpaired) electrons. The maximum Gasteiger partial charge on any atom is 0.147 e. The van der Waals surface area contributed by atoms with Crippen molar-refractivity contribution in [2.75, 3.05) is 0 Å². The molecule has 2 heterocycles. The number of nitrogens with zero attached hydrogens (tertiary/aromatic N) is 4. The average molecular weight is 193 g/mol. The van der Waals surface area contributed by atoms with Crippen LogP contribution in [0.1, 0.15) is 0 Å². The first-order valence-electron chi connectivity index (χ1n) is 3.59. The second-order valence-corrected chi connectivity index (χ2v) is 2.74. The molecular formula is C8H5ClN4. The molecule has 2 aromatic heterocycles. The first-order valence-corrected chi connectivity index (χ1v) is 3.97. The molecule has 0 bridgehead atoms. The third kappa shape index (κ3) is 1.78. The zero-order valence-corrected chi connectivity index (χ0v) is 7.31. The lowest BCUT2D eigenvalue weighted by Gasteiger charge is -1.96. The van der Waals surface area contributed by atoms with Crippen molar-refractivity contribution >= 4 is 11.6 Å². The van der Waals surface area contributed by atoms with E-state index < -0.39 is 0 Å². The van der Waals surface area contributed by atoms with E-state index in [0.29, 0.717) is 10.8 Å². The van der Waals surface area contributed by atoms with E-state index in [1.807, 2.05) is 0 Å². The molecule has 13 heavy (non-hydrogen) atoms. The fraction of sp³-hybridized carbons (Fsp3) is 0. The van der Waals surface area contributed by atoms with Crippen LogP contribution in [0.3, 0.4) is 0 Å². The van der Waals surface area contributed by atoms with Gasteiger partial charge in [0.25, 0.3) is 0 Å². The van der Waals surface area contributed by atoms with E-state index >= 15 is 0 Å². The largest absolute Gasteiger partial charge is 0.251 e. The van der Waals surface area contributed by atoms with Crippen LogP contribution in [0.4, 0.5) is 0 Å². The molecular weight excluding hydrogens is 188 g/mol. The predicted molar refractivity (Wildman–Crippen MR) is 48.1 cm³/mol. The molecule has 0 N–H and O–H groups in total. The SMILES string of the molecule is Clc1cnc(-c2cncnc2)cn1. The molecule has 2 aromatic rings. The van der Waals surface area contributed by atoms with Gasteiger partial charge in [-0.2, -0.15) is 0 Å². The van der Waals surface area contributed by atoms with E-state index in [9.17, 15) is 0 Å². The summed E-state index contributed by atoms with van der Waals surface area (Å²) in [5.41, 5.74) is 1.54. The van der Waals surface area contributed by atoms with Crippen molar-refractivity contribution in [3.8, 4) is 11.3 Å². The molecule has 0 aliphatic rings. The highest BCUT2D eigenvalue weighted by Gasteiger charge is 1.98. The van der Waals surface area contributed by atoms with Gasteiger partial charge in [0.1, 0.15) is 11.5 Å². The van der Waals surface area contributed by atoms with Crippen LogP contribution in [0, 0.1) is 0 Å². The molecule has 2 rings (SSSR count). The van der Waals surface area contributed by atoms with Gasteiger partial charge in [-0.25, -0.2) is 15.0 Å². The van der Waals surface area contributed by atoms with Gasteiger partial charge in [0, 0.05) is 18.0 Å². The van der Waals surface area contributed by atoms with Crippen molar-refractivity contribution in [2.45, 2.75) is 0 Å².